The SMILES string of the molecule is COCC(=O)N1CCN(Cc2cccc(OCCCn3cc(C)cn3)c2)C[C@@](O)(COc2cc(F)cc(F)c2)C1. The second-order valence-electron chi connectivity index (χ2n) is 10.2. The topological polar surface area (TPSA) is 89.3 Å². The first-order valence-electron chi connectivity index (χ1n) is 13.2. The zero-order valence-electron chi connectivity index (χ0n) is 22.9. The van der Waals surface area contributed by atoms with Gasteiger partial charge in [0.05, 0.1) is 19.3 Å². The van der Waals surface area contributed by atoms with Crippen molar-refractivity contribution in [1.82, 2.24) is 19.6 Å². The van der Waals surface area contributed by atoms with Crippen LogP contribution in [-0.4, -0.2) is 89.3 Å². The Labute approximate surface area is 232 Å². The number of methoxy groups -OCH3 is 1. The Morgan fingerprint density at radius 1 is 1.07 bits per heavy atom. The van der Waals surface area contributed by atoms with Crippen LogP contribution < -0.4 is 9.47 Å². The third-order valence-corrected chi connectivity index (χ3v) is 6.52. The van der Waals surface area contributed by atoms with Crippen molar-refractivity contribution >= 4 is 5.91 Å². The van der Waals surface area contributed by atoms with Gasteiger partial charge in [-0.2, -0.15) is 5.10 Å². The van der Waals surface area contributed by atoms with E-state index in [0.29, 0.717) is 26.2 Å². The third-order valence-electron chi connectivity index (χ3n) is 6.52. The molecule has 1 fully saturated rings. The van der Waals surface area contributed by atoms with E-state index in [1.54, 1.807) is 0 Å². The van der Waals surface area contributed by atoms with E-state index in [4.69, 9.17) is 14.2 Å². The number of benzene rings is 2. The molecule has 2 heterocycles. The molecule has 1 aromatic heterocycles. The van der Waals surface area contributed by atoms with Gasteiger partial charge in [-0.1, -0.05) is 12.1 Å². The standard InChI is InChI=1S/C29H36F2N4O5/c1-22-15-32-35(16-22)7-4-10-39-26-6-3-5-23(11-26)17-33-8-9-34(28(36)18-38-2)20-29(37,19-33)21-40-27-13-24(30)12-25(31)14-27/h3,5-6,11-16,37H,4,7-10,17-21H2,1-2H3/t29-/m0/s1. The Morgan fingerprint density at radius 3 is 2.60 bits per heavy atom. The van der Waals surface area contributed by atoms with Crippen LogP contribution in [0.3, 0.4) is 0 Å². The van der Waals surface area contributed by atoms with Gasteiger partial charge in [-0.15, -0.1) is 0 Å². The lowest BCUT2D eigenvalue weighted by molar-refractivity contribution is -0.138. The molecule has 1 aliphatic rings. The van der Waals surface area contributed by atoms with Crippen molar-refractivity contribution in [1.29, 1.82) is 0 Å². The van der Waals surface area contributed by atoms with Crippen molar-refractivity contribution in [3.05, 3.63) is 77.6 Å². The maximum atomic E-state index is 13.6. The second kappa shape index (κ2) is 13.7. The number of carbonyl (C=O) groups is 1. The summed E-state index contributed by atoms with van der Waals surface area (Å²) in [7, 11) is 1.43. The van der Waals surface area contributed by atoms with Crippen LogP contribution in [0, 0.1) is 18.6 Å². The number of rotatable bonds is 12. The monoisotopic (exact) mass is 558 g/mol. The average molecular weight is 559 g/mol. The number of nitrogens with zero attached hydrogens (tertiary/aromatic N) is 4. The second-order valence-corrected chi connectivity index (χ2v) is 10.2. The molecule has 1 N–H and O–H groups in total. The Hall–Kier alpha value is -3.54. The normalized spacial score (nSPS) is 18.0. The fourth-order valence-corrected chi connectivity index (χ4v) is 4.72. The minimum atomic E-state index is -1.50. The van der Waals surface area contributed by atoms with E-state index < -0.39 is 17.2 Å². The molecule has 0 spiro atoms. The Kier molecular flexibility index (Phi) is 10.1. The Morgan fingerprint density at radius 2 is 1.88 bits per heavy atom. The summed E-state index contributed by atoms with van der Waals surface area (Å²) in [4.78, 5) is 16.2. The maximum Gasteiger partial charge on any atom is 0.248 e. The molecule has 0 bridgehead atoms. The van der Waals surface area contributed by atoms with E-state index in [9.17, 15) is 18.7 Å². The van der Waals surface area contributed by atoms with E-state index in [1.165, 1.54) is 12.0 Å². The van der Waals surface area contributed by atoms with Gasteiger partial charge in [0, 0.05) is 70.7 Å². The molecule has 1 aliphatic heterocycles. The molecule has 1 atom stereocenters. The number of ether oxygens (including phenoxy) is 3. The lowest BCUT2D eigenvalue weighted by Gasteiger charge is -2.33. The average Bonchev–Trinajstić information content (AvgIpc) is 3.24. The summed E-state index contributed by atoms with van der Waals surface area (Å²) in [6.45, 7) is 4.47. The molecular weight excluding hydrogens is 522 g/mol. The minimum Gasteiger partial charge on any atom is -0.494 e. The first-order valence-corrected chi connectivity index (χ1v) is 13.2. The first kappa shape index (κ1) is 29.4. The quantitative estimate of drug-likeness (QED) is 0.342. The number of β-amino-alcohol motifs (C(OH)–C–C–N with tert-alkyl or cyclic N) is 1. The summed E-state index contributed by atoms with van der Waals surface area (Å²) in [5.74, 6) is -1.11. The van der Waals surface area contributed by atoms with Crippen molar-refractivity contribution in [3.63, 3.8) is 0 Å². The van der Waals surface area contributed by atoms with Crippen LogP contribution in [-0.2, 0) is 22.6 Å². The number of aryl methyl sites for hydroxylation is 2. The van der Waals surface area contributed by atoms with Crippen LogP contribution in [0.15, 0.2) is 54.9 Å². The van der Waals surface area contributed by atoms with E-state index in [-0.39, 0.29) is 38.0 Å². The number of carbonyl (C=O) groups excluding carboxylic acids is 1. The van der Waals surface area contributed by atoms with Gasteiger partial charge in [-0.3, -0.25) is 14.4 Å². The highest BCUT2D eigenvalue weighted by atomic mass is 19.1. The lowest BCUT2D eigenvalue weighted by atomic mass is 10.0. The summed E-state index contributed by atoms with van der Waals surface area (Å²) in [5.41, 5.74) is 0.601. The molecule has 1 saturated heterocycles. The largest absolute Gasteiger partial charge is 0.494 e. The predicted molar refractivity (Wildman–Crippen MR) is 144 cm³/mol. The molecule has 0 aliphatic carbocycles. The molecule has 216 valence electrons. The van der Waals surface area contributed by atoms with Gasteiger partial charge in [0.2, 0.25) is 5.91 Å². The summed E-state index contributed by atoms with van der Waals surface area (Å²) in [6, 6.07) is 10.6. The van der Waals surface area contributed by atoms with Crippen molar-refractivity contribution in [3.8, 4) is 11.5 Å². The summed E-state index contributed by atoms with van der Waals surface area (Å²) in [6.07, 6.45) is 4.63. The number of hydrogen-bond donors (Lipinski definition) is 1. The van der Waals surface area contributed by atoms with E-state index in [0.717, 1.165) is 48.0 Å². The number of aliphatic hydroxyl groups is 1. The molecule has 0 saturated carbocycles. The Balaban J connectivity index is 1.39. The molecule has 0 unspecified atom stereocenters. The molecular formula is C29H36F2N4O5. The van der Waals surface area contributed by atoms with Gasteiger partial charge in [-0.05, 0) is 30.2 Å². The molecule has 9 nitrogen and oxygen atoms in total. The van der Waals surface area contributed by atoms with Gasteiger partial charge in [0.1, 0.15) is 41.9 Å². The van der Waals surface area contributed by atoms with Crippen LogP contribution in [0.25, 0.3) is 0 Å². The highest BCUT2D eigenvalue weighted by Crippen LogP contribution is 2.22. The first-order chi connectivity index (χ1) is 19.2. The van der Waals surface area contributed by atoms with Crippen LogP contribution in [0.1, 0.15) is 17.5 Å². The van der Waals surface area contributed by atoms with Gasteiger partial charge in [0.25, 0.3) is 0 Å². The van der Waals surface area contributed by atoms with Crippen LogP contribution in [0.5, 0.6) is 11.5 Å². The van der Waals surface area contributed by atoms with Crippen molar-refractivity contribution < 1.29 is 32.9 Å². The highest BCUT2D eigenvalue weighted by Gasteiger charge is 2.37. The Bertz CT molecular complexity index is 1250. The maximum absolute atomic E-state index is 13.6. The number of amides is 1. The lowest BCUT2D eigenvalue weighted by Crippen LogP contribution is -2.52. The molecule has 40 heavy (non-hydrogen) atoms. The van der Waals surface area contributed by atoms with E-state index in [1.807, 2.05) is 53.2 Å². The van der Waals surface area contributed by atoms with E-state index >= 15 is 0 Å². The van der Waals surface area contributed by atoms with Crippen LogP contribution in [0.2, 0.25) is 0 Å². The summed E-state index contributed by atoms with van der Waals surface area (Å²) >= 11 is 0. The van der Waals surface area contributed by atoms with Gasteiger partial charge in [0.15, 0.2) is 0 Å². The molecule has 4 rings (SSSR count). The zero-order chi connectivity index (χ0) is 28.5. The number of halogens is 2. The third kappa shape index (κ3) is 8.73. The van der Waals surface area contributed by atoms with Crippen molar-refractivity contribution in [2.75, 3.05) is 53.1 Å². The summed E-state index contributed by atoms with van der Waals surface area (Å²) < 4.78 is 45.8. The molecule has 3 aromatic rings. The van der Waals surface area contributed by atoms with Crippen LogP contribution >= 0.6 is 0 Å². The van der Waals surface area contributed by atoms with Crippen LogP contribution in [0.4, 0.5) is 8.78 Å². The fraction of sp³-hybridized carbons (Fsp3) is 0.448. The fourth-order valence-electron chi connectivity index (χ4n) is 4.72. The highest BCUT2D eigenvalue weighted by molar-refractivity contribution is 5.77. The van der Waals surface area contributed by atoms with Gasteiger partial charge >= 0.3 is 0 Å². The number of aromatic nitrogens is 2. The van der Waals surface area contributed by atoms with Gasteiger partial charge in [-0.25, -0.2) is 8.78 Å². The van der Waals surface area contributed by atoms with E-state index in [2.05, 4.69) is 5.10 Å². The molecule has 2 aromatic carbocycles. The number of hydrogen-bond acceptors (Lipinski definition) is 7. The minimum absolute atomic E-state index is 0.0115. The van der Waals surface area contributed by atoms with Crippen molar-refractivity contribution in [2.45, 2.75) is 32.0 Å². The van der Waals surface area contributed by atoms with Crippen molar-refractivity contribution in [2.24, 2.45) is 0 Å². The van der Waals surface area contributed by atoms with Gasteiger partial charge < -0.3 is 24.2 Å². The smallest absolute Gasteiger partial charge is 0.248 e. The summed E-state index contributed by atoms with van der Waals surface area (Å²) in [5, 5.41) is 15.8. The predicted octanol–water partition coefficient (Wildman–Crippen LogP) is 3.04. The molecule has 1 amide bonds. The molecule has 0 radical (unpaired) electrons. The molecule has 11 heteroatoms. The zero-order valence-corrected chi connectivity index (χ0v) is 22.9.